The van der Waals surface area contributed by atoms with Crippen molar-refractivity contribution < 1.29 is 4.42 Å². The molecule has 25 heavy (non-hydrogen) atoms. The fourth-order valence-electron chi connectivity index (χ4n) is 2.72. The minimum absolute atomic E-state index is 0.629. The Bertz CT molecular complexity index is 1000. The van der Waals surface area contributed by atoms with Gasteiger partial charge in [-0.1, -0.05) is 29.8 Å². The maximum atomic E-state index is 5.55. The molecule has 0 radical (unpaired) electrons. The normalized spacial score (nSPS) is 11.2. The van der Waals surface area contributed by atoms with Crippen LogP contribution in [0, 0.1) is 6.92 Å². The second-order valence-electron chi connectivity index (χ2n) is 6.27. The Morgan fingerprint density at radius 1 is 1.08 bits per heavy atom. The van der Waals surface area contributed by atoms with Gasteiger partial charge in [0.25, 0.3) is 0 Å². The van der Waals surface area contributed by atoms with E-state index in [1.807, 2.05) is 42.0 Å². The van der Waals surface area contributed by atoms with E-state index in [0.29, 0.717) is 23.9 Å². The molecule has 4 aromatic rings. The van der Waals surface area contributed by atoms with Gasteiger partial charge >= 0.3 is 0 Å². The predicted molar refractivity (Wildman–Crippen MR) is 97.6 cm³/mol. The van der Waals surface area contributed by atoms with E-state index in [2.05, 4.69) is 41.2 Å². The van der Waals surface area contributed by atoms with Gasteiger partial charge < -0.3 is 13.9 Å². The standard InChI is InChI=1S/C19H19N5O/c1-13-6-8-14(9-7-13)11-24-12-20-17-16(15-5-4-10-25-15)21-19(23(2)3)22-18(17)24/h4-10,12H,11H2,1-3H3. The molecule has 126 valence electrons. The topological polar surface area (TPSA) is 60.0 Å². The Morgan fingerprint density at radius 3 is 2.56 bits per heavy atom. The molecule has 6 heteroatoms. The Labute approximate surface area is 145 Å². The average Bonchev–Trinajstić information content (AvgIpc) is 3.26. The number of imidazole rings is 1. The van der Waals surface area contributed by atoms with E-state index in [1.165, 1.54) is 11.1 Å². The maximum absolute atomic E-state index is 5.55. The van der Waals surface area contributed by atoms with Gasteiger partial charge in [0.2, 0.25) is 5.95 Å². The predicted octanol–water partition coefficient (Wildman–Crippen LogP) is 3.51. The minimum Gasteiger partial charge on any atom is -0.463 e. The number of fused-ring (bicyclic) bond motifs is 1. The molecule has 4 rings (SSSR count). The Hall–Kier alpha value is -3.15. The molecule has 0 amide bonds. The molecule has 0 fully saturated rings. The van der Waals surface area contributed by atoms with Gasteiger partial charge in [-0.05, 0) is 24.6 Å². The van der Waals surface area contributed by atoms with Crippen molar-refractivity contribution in [3.63, 3.8) is 0 Å². The summed E-state index contributed by atoms with van der Waals surface area (Å²) in [6, 6.07) is 12.2. The fourth-order valence-corrected chi connectivity index (χ4v) is 2.72. The van der Waals surface area contributed by atoms with Crippen LogP contribution < -0.4 is 4.90 Å². The highest BCUT2D eigenvalue weighted by molar-refractivity contribution is 5.86. The van der Waals surface area contributed by atoms with Crippen LogP contribution >= 0.6 is 0 Å². The SMILES string of the molecule is Cc1ccc(Cn2cnc3c(-c4ccco4)nc(N(C)C)nc32)cc1. The maximum Gasteiger partial charge on any atom is 0.227 e. The van der Waals surface area contributed by atoms with E-state index in [-0.39, 0.29) is 0 Å². The van der Waals surface area contributed by atoms with Crippen LogP contribution in [0.1, 0.15) is 11.1 Å². The highest BCUT2D eigenvalue weighted by Gasteiger charge is 2.17. The number of benzene rings is 1. The molecule has 0 aliphatic carbocycles. The second-order valence-corrected chi connectivity index (χ2v) is 6.27. The second kappa shape index (κ2) is 6.05. The molecule has 0 unspecified atom stereocenters. The molecular weight excluding hydrogens is 314 g/mol. The highest BCUT2D eigenvalue weighted by atomic mass is 16.3. The largest absolute Gasteiger partial charge is 0.463 e. The van der Waals surface area contributed by atoms with Gasteiger partial charge in [-0.25, -0.2) is 9.97 Å². The lowest BCUT2D eigenvalue weighted by Gasteiger charge is -2.12. The highest BCUT2D eigenvalue weighted by Crippen LogP contribution is 2.27. The average molecular weight is 333 g/mol. The van der Waals surface area contributed by atoms with Crippen LogP contribution in [-0.4, -0.2) is 33.6 Å². The fraction of sp³-hybridized carbons (Fsp3) is 0.211. The number of anilines is 1. The molecule has 0 spiro atoms. The molecule has 0 saturated carbocycles. The van der Waals surface area contributed by atoms with Gasteiger partial charge in [-0.3, -0.25) is 0 Å². The van der Waals surface area contributed by atoms with E-state index >= 15 is 0 Å². The number of hydrogen-bond acceptors (Lipinski definition) is 5. The molecule has 0 aliphatic rings. The summed E-state index contributed by atoms with van der Waals surface area (Å²) in [6.45, 7) is 2.79. The Morgan fingerprint density at radius 2 is 1.88 bits per heavy atom. The van der Waals surface area contributed by atoms with Crippen LogP contribution in [0.4, 0.5) is 5.95 Å². The Balaban J connectivity index is 1.85. The molecule has 0 aliphatic heterocycles. The molecule has 0 saturated heterocycles. The van der Waals surface area contributed by atoms with Crippen molar-refractivity contribution in [2.75, 3.05) is 19.0 Å². The summed E-state index contributed by atoms with van der Waals surface area (Å²) >= 11 is 0. The zero-order valence-electron chi connectivity index (χ0n) is 14.5. The smallest absolute Gasteiger partial charge is 0.227 e. The van der Waals surface area contributed by atoms with Crippen LogP contribution in [0.15, 0.2) is 53.4 Å². The molecule has 3 heterocycles. The summed E-state index contributed by atoms with van der Waals surface area (Å²) in [5.74, 6) is 1.32. The van der Waals surface area contributed by atoms with Crippen LogP contribution in [0.25, 0.3) is 22.6 Å². The zero-order valence-corrected chi connectivity index (χ0v) is 14.5. The molecular formula is C19H19N5O. The number of nitrogens with zero attached hydrogens (tertiary/aromatic N) is 5. The van der Waals surface area contributed by atoms with E-state index in [0.717, 1.165) is 11.2 Å². The van der Waals surface area contributed by atoms with Gasteiger partial charge in [-0.2, -0.15) is 4.98 Å². The van der Waals surface area contributed by atoms with Crippen molar-refractivity contribution in [3.8, 4) is 11.5 Å². The third-order valence-corrected chi connectivity index (χ3v) is 4.08. The van der Waals surface area contributed by atoms with Gasteiger partial charge in [0.15, 0.2) is 11.4 Å². The van der Waals surface area contributed by atoms with Gasteiger partial charge in [0.05, 0.1) is 19.1 Å². The monoisotopic (exact) mass is 333 g/mol. The van der Waals surface area contributed by atoms with Crippen molar-refractivity contribution in [2.24, 2.45) is 0 Å². The first-order valence-electron chi connectivity index (χ1n) is 8.11. The number of aryl methyl sites for hydroxylation is 1. The lowest BCUT2D eigenvalue weighted by molar-refractivity contribution is 0.580. The first-order valence-corrected chi connectivity index (χ1v) is 8.11. The summed E-state index contributed by atoms with van der Waals surface area (Å²) in [5.41, 5.74) is 4.70. The quantitative estimate of drug-likeness (QED) is 0.572. The van der Waals surface area contributed by atoms with Crippen molar-refractivity contribution in [1.29, 1.82) is 0 Å². The van der Waals surface area contributed by atoms with Gasteiger partial charge in [-0.15, -0.1) is 0 Å². The van der Waals surface area contributed by atoms with Crippen molar-refractivity contribution in [3.05, 3.63) is 60.1 Å². The summed E-state index contributed by atoms with van der Waals surface area (Å²) in [4.78, 5) is 15.7. The molecule has 1 aromatic carbocycles. The lowest BCUT2D eigenvalue weighted by atomic mass is 10.1. The first-order chi connectivity index (χ1) is 12.1. The van der Waals surface area contributed by atoms with Crippen LogP contribution in [0.5, 0.6) is 0 Å². The number of furan rings is 1. The lowest BCUT2D eigenvalue weighted by Crippen LogP contribution is -2.14. The van der Waals surface area contributed by atoms with Crippen LogP contribution in [-0.2, 0) is 6.54 Å². The Kier molecular flexibility index (Phi) is 3.72. The minimum atomic E-state index is 0.629. The van der Waals surface area contributed by atoms with Crippen LogP contribution in [0.2, 0.25) is 0 Å². The molecule has 0 bridgehead atoms. The summed E-state index contributed by atoms with van der Waals surface area (Å²) < 4.78 is 7.59. The molecule has 3 aromatic heterocycles. The third-order valence-electron chi connectivity index (χ3n) is 4.08. The summed E-state index contributed by atoms with van der Waals surface area (Å²) in [5, 5.41) is 0. The third kappa shape index (κ3) is 2.87. The van der Waals surface area contributed by atoms with Crippen molar-refractivity contribution in [2.45, 2.75) is 13.5 Å². The first kappa shape index (κ1) is 15.4. The summed E-state index contributed by atoms with van der Waals surface area (Å²) in [7, 11) is 3.85. The molecule has 6 nitrogen and oxygen atoms in total. The van der Waals surface area contributed by atoms with E-state index < -0.39 is 0 Å². The van der Waals surface area contributed by atoms with Gasteiger partial charge in [0, 0.05) is 14.1 Å². The molecule has 0 N–H and O–H groups in total. The van der Waals surface area contributed by atoms with E-state index in [1.54, 1.807) is 6.26 Å². The zero-order chi connectivity index (χ0) is 17.4. The molecule has 0 atom stereocenters. The van der Waals surface area contributed by atoms with E-state index in [4.69, 9.17) is 9.40 Å². The number of rotatable bonds is 4. The summed E-state index contributed by atoms with van der Waals surface area (Å²) in [6.07, 6.45) is 3.45. The van der Waals surface area contributed by atoms with Gasteiger partial charge in [0.1, 0.15) is 11.2 Å². The van der Waals surface area contributed by atoms with Crippen molar-refractivity contribution >= 4 is 17.1 Å². The van der Waals surface area contributed by atoms with E-state index in [9.17, 15) is 0 Å². The van der Waals surface area contributed by atoms with Crippen molar-refractivity contribution in [1.82, 2.24) is 19.5 Å². The number of hydrogen-bond donors (Lipinski definition) is 0. The van der Waals surface area contributed by atoms with Crippen LogP contribution in [0.3, 0.4) is 0 Å². The number of aromatic nitrogens is 4.